The van der Waals surface area contributed by atoms with Gasteiger partial charge in [-0.3, -0.25) is 0 Å². The molecule has 1 N–H and O–H groups in total. The lowest BCUT2D eigenvalue weighted by molar-refractivity contribution is 0.392. The smallest absolute Gasteiger partial charge is 0.244 e. The first kappa shape index (κ1) is 19.8. The molecule has 2 aromatic carbocycles. The maximum absolute atomic E-state index is 12.8. The van der Waals surface area contributed by atoms with Gasteiger partial charge in [0.25, 0.3) is 0 Å². The molecule has 1 aromatic heterocycles. The molecule has 0 aliphatic carbocycles. The van der Waals surface area contributed by atoms with Crippen LogP contribution in [-0.2, 0) is 16.6 Å². The number of nitrogens with one attached hydrogen (secondary N) is 1. The van der Waals surface area contributed by atoms with Gasteiger partial charge in [0, 0.05) is 6.07 Å². The third-order valence-electron chi connectivity index (χ3n) is 4.35. The average Bonchev–Trinajstić information content (AvgIpc) is 3.16. The number of hydrogen-bond acceptors (Lipinski definition) is 7. The fraction of sp³-hybridized carbons (Fsp3) is 0.278. The Bertz CT molecular complexity index is 1100. The Hall–Kier alpha value is -2.98. The molecule has 0 spiro atoms. The second-order valence-corrected chi connectivity index (χ2v) is 7.85. The maximum atomic E-state index is 12.8. The Kier molecular flexibility index (Phi) is 5.61. The number of benzene rings is 2. The highest BCUT2D eigenvalue weighted by Gasteiger charge is 2.22. The molecule has 0 aliphatic heterocycles. The standard InChI is InChI=1S/C18H21N5O4S/c1-12-5-6-14(9-13(12)2)23-18(20-21-22-23)11-19-28(24,25)17-10-15(26-3)7-8-16(17)27-4/h5-10,19H,11H2,1-4H3. The molecule has 0 saturated carbocycles. The van der Waals surface area contributed by atoms with Crippen LogP contribution in [0.1, 0.15) is 17.0 Å². The third-order valence-corrected chi connectivity index (χ3v) is 5.77. The third kappa shape index (κ3) is 3.97. The quantitative estimate of drug-likeness (QED) is 0.640. The van der Waals surface area contributed by atoms with Gasteiger partial charge in [0.1, 0.15) is 16.4 Å². The van der Waals surface area contributed by atoms with Crippen LogP contribution in [0.2, 0.25) is 0 Å². The molecule has 0 atom stereocenters. The van der Waals surface area contributed by atoms with Gasteiger partial charge in [0.2, 0.25) is 10.0 Å². The molecule has 0 radical (unpaired) electrons. The van der Waals surface area contributed by atoms with E-state index in [9.17, 15) is 8.42 Å². The highest BCUT2D eigenvalue weighted by Crippen LogP contribution is 2.28. The Morgan fingerprint density at radius 3 is 2.50 bits per heavy atom. The number of aryl methyl sites for hydroxylation is 2. The second kappa shape index (κ2) is 7.95. The van der Waals surface area contributed by atoms with Crippen LogP contribution in [0.5, 0.6) is 11.5 Å². The summed E-state index contributed by atoms with van der Waals surface area (Å²) in [7, 11) is -1.02. The van der Waals surface area contributed by atoms with Crippen molar-refractivity contribution in [3.63, 3.8) is 0 Å². The van der Waals surface area contributed by atoms with Gasteiger partial charge in [0.05, 0.1) is 26.5 Å². The van der Waals surface area contributed by atoms with E-state index in [1.54, 1.807) is 6.07 Å². The highest BCUT2D eigenvalue weighted by molar-refractivity contribution is 7.89. The van der Waals surface area contributed by atoms with Crippen LogP contribution in [0.4, 0.5) is 0 Å². The van der Waals surface area contributed by atoms with Gasteiger partial charge in [0.15, 0.2) is 5.82 Å². The summed E-state index contributed by atoms with van der Waals surface area (Å²) in [6.07, 6.45) is 0. The number of hydrogen-bond donors (Lipinski definition) is 1. The summed E-state index contributed by atoms with van der Waals surface area (Å²) in [6.45, 7) is 3.90. The summed E-state index contributed by atoms with van der Waals surface area (Å²) in [5, 5.41) is 11.6. The topological polar surface area (TPSA) is 108 Å². The molecule has 0 unspecified atom stereocenters. The molecule has 0 fully saturated rings. The SMILES string of the molecule is COc1ccc(OC)c(S(=O)(=O)NCc2nnnn2-c2ccc(C)c(C)c2)c1. The van der Waals surface area contributed by atoms with Gasteiger partial charge in [-0.25, -0.2) is 13.1 Å². The molecule has 10 heteroatoms. The Balaban J connectivity index is 1.87. The van der Waals surface area contributed by atoms with E-state index in [0.29, 0.717) is 11.6 Å². The number of rotatable bonds is 7. The normalized spacial score (nSPS) is 11.4. The second-order valence-electron chi connectivity index (χ2n) is 6.12. The Morgan fingerprint density at radius 1 is 1.04 bits per heavy atom. The summed E-state index contributed by atoms with van der Waals surface area (Å²) in [4.78, 5) is -0.0282. The van der Waals surface area contributed by atoms with Crippen molar-refractivity contribution in [2.75, 3.05) is 14.2 Å². The van der Waals surface area contributed by atoms with E-state index < -0.39 is 10.0 Å². The van der Waals surface area contributed by atoms with E-state index in [0.717, 1.165) is 16.8 Å². The fourth-order valence-corrected chi connectivity index (χ4v) is 3.77. The molecular weight excluding hydrogens is 382 g/mol. The first-order valence-corrected chi connectivity index (χ1v) is 9.90. The van der Waals surface area contributed by atoms with Gasteiger partial charge in [-0.05, 0) is 59.7 Å². The van der Waals surface area contributed by atoms with Crippen molar-refractivity contribution in [2.24, 2.45) is 0 Å². The van der Waals surface area contributed by atoms with Crippen molar-refractivity contribution >= 4 is 10.0 Å². The summed E-state index contributed by atoms with van der Waals surface area (Å²) in [5.74, 6) is 0.969. The lowest BCUT2D eigenvalue weighted by Gasteiger charge is -2.12. The lowest BCUT2D eigenvalue weighted by atomic mass is 10.1. The summed E-state index contributed by atoms with van der Waals surface area (Å²) >= 11 is 0. The molecule has 28 heavy (non-hydrogen) atoms. The molecule has 0 saturated heterocycles. The zero-order valence-corrected chi connectivity index (χ0v) is 16.8. The average molecular weight is 403 g/mol. The first-order valence-electron chi connectivity index (χ1n) is 8.42. The van der Waals surface area contributed by atoms with Gasteiger partial charge < -0.3 is 9.47 Å². The molecule has 3 aromatic rings. The molecule has 0 amide bonds. The maximum Gasteiger partial charge on any atom is 0.244 e. The summed E-state index contributed by atoms with van der Waals surface area (Å²) in [6, 6.07) is 10.3. The molecule has 9 nitrogen and oxygen atoms in total. The van der Waals surface area contributed by atoms with Crippen LogP contribution in [0.15, 0.2) is 41.3 Å². The van der Waals surface area contributed by atoms with Crippen LogP contribution >= 0.6 is 0 Å². The molecule has 0 aliphatic rings. The summed E-state index contributed by atoms with van der Waals surface area (Å²) < 4.78 is 39.9. The first-order chi connectivity index (χ1) is 13.4. The van der Waals surface area contributed by atoms with E-state index in [1.807, 2.05) is 32.0 Å². The molecule has 1 heterocycles. The Labute approximate surface area is 163 Å². The molecule has 3 rings (SSSR count). The van der Waals surface area contributed by atoms with Crippen molar-refractivity contribution in [3.05, 3.63) is 53.3 Å². The van der Waals surface area contributed by atoms with Crippen molar-refractivity contribution in [3.8, 4) is 17.2 Å². The van der Waals surface area contributed by atoms with Gasteiger partial charge in [-0.1, -0.05) is 6.07 Å². The van der Waals surface area contributed by atoms with Crippen LogP contribution in [-0.4, -0.2) is 42.8 Å². The predicted molar refractivity (Wildman–Crippen MR) is 102 cm³/mol. The number of sulfonamides is 1. The fourth-order valence-electron chi connectivity index (χ4n) is 2.61. The number of tetrazole rings is 1. The van der Waals surface area contributed by atoms with E-state index in [2.05, 4.69) is 20.2 Å². The van der Waals surface area contributed by atoms with Crippen LogP contribution in [0.3, 0.4) is 0 Å². The van der Waals surface area contributed by atoms with E-state index in [1.165, 1.54) is 31.0 Å². The van der Waals surface area contributed by atoms with Crippen LogP contribution < -0.4 is 14.2 Å². The van der Waals surface area contributed by atoms with Crippen LogP contribution in [0.25, 0.3) is 5.69 Å². The lowest BCUT2D eigenvalue weighted by Crippen LogP contribution is -2.25. The zero-order valence-electron chi connectivity index (χ0n) is 16.0. The number of ether oxygens (including phenoxy) is 2. The van der Waals surface area contributed by atoms with Crippen molar-refractivity contribution in [1.29, 1.82) is 0 Å². The van der Waals surface area contributed by atoms with E-state index in [4.69, 9.17) is 9.47 Å². The summed E-state index contributed by atoms with van der Waals surface area (Å²) in [5.41, 5.74) is 2.98. The Morgan fingerprint density at radius 2 is 1.82 bits per heavy atom. The monoisotopic (exact) mass is 403 g/mol. The molecule has 148 valence electrons. The minimum Gasteiger partial charge on any atom is -0.497 e. The van der Waals surface area contributed by atoms with Gasteiger partial charge >= 0.3 is 0 Å². The van der Waals surface area contributed by atoms with Crippen molar-refractivity contribution < 1.29 is 17.9 Å². The number of nitrogens with zero attached hydrogens (tertiary/aromatic N) is 4. The molecular formula is C18H21N5O4S. The van der Waals surface area contributed by atoms with Crippen molar-refractivity contribution in [2.45, 2.75) is 25.3 Å². The molecule has 0 bridgehead atoms. The minimum atomic E-state index is -3.89. The van der Waals surface area contributed by atoms with Crippen molar-refractivity contribution in [1.82, 2.24) is 24.9 Å². The zero-order chi connectivity index (χ0) is 20.3. The number of aromatic nitrogens is 4. The van der Waals surface area contributed by atoms with Gasteiger partial charge in [-0.2, -0.15) is 4.68 Å². The predicted octanol–water partition coefficient (Wildman–Crippen LogP) is 1.77. The van der Waals surface area contributed by atoms with Gasteiger partial charge in [-0.15, -0.1) is 5.10 Å². The van der Waals surface area contributed by atoms with E-state index in [-0.39, 0.29) is 17.2 Å². The largest absolute Gasteiger partial charge is 0.497 e. The van der Waals surface area contributed by atoms with E-state index >= 15 is 0 Å². The van der Waals surface area contributed by atoms with Crippen LogP contribution in [0, 0.1) is 13.8 Å². The minimum absolute atomic E-state index is 0.0282. The number of methoxy groups -OCH3 is 2. The highest BCUT2D eigenvalue weighted by atomic mass is 32.2.